The van der Waals surface area contributed by atoms with E-state index in [4.69, 9.17) is 11.6 Å². The average molecular weight is 260 g/mol. The lowest BCUT2D eigenvalue weighted by molar-refractivity contribution is 0.378. The van der Waals surface area contributed by atoms with E-state index < -0.39 is 11.6 Å². The zero-order valence-corrected chi connectivity index (χ0v) is 10.3. The van der Waals surface area contributed by atoms with Crippen LogP contribution in [0.5, 0.6) is 0 Å². The Bertz CT molecular complexity index is 363. The summed E-state index contributed by atoms with van der Waals surface area (Å²) in [7, 11) is 0. The van der Waals surface area contributed by atoms with Crippen LogP contribution in [0.25, 0.3) is 0 Å². The summed E-state index contributed by atoms with van der Waals surface area (Å²) in [5.41, 5.74) is 0.622. The van der Waals surface area contributed by atoms with Gasteiger partial charge >= 0.3 is 0 Å². The second-order valence-electron chi connectivity index (χ2n) is 4.57. The molecule has 17 heavy (non-hydrogen) atoms. The van der Waals surface area contributed by atoms with Crippen molar-refractivity contribution in [1.29, 1.82) is 0 Å². The summed E-state index contributed by atoms with van der Waals surface area (Å²) in [6.45, 7) is 0.461. The molecule has 1 aromatic rings. The molecule has 1 aliphatic carbocycles. The van der Waals surface area contributed by atoms with Gasteiger partial charge in [0.1, 0.15) is 11.6 Å². The Morgan fingerprint density at radius 3 is 2.41 bits per heavy atom. The maximum Gasteiger partial charge on any atom is 0.126 e. The van der Waals surface area contributed by atoms with Gasteiger partial charge in [0, 0.05) is 24.0 Å². The second-order valence-corrected chi connectivity index (χ2v) is 5.13. The number of rotatable bonds is 3. The van der Waals surface area contributed by atoms with Crippen molar-refractivity contribution in [3.63, 3.8) is 0 Å². The molecule has 0 radical (unpaired) electrons. The summed E-state index contributed by atoms with van der Waals surface area (Å²) in [6, 6.07) is 3.83. The fourth-order valence-electron chi connectivity index (χ4n) is 2.28. The average Bonchev–Trinajstić information content (AvgIpc) is 2.27. The third-order valence-electron chi connectivity index (χ3n) is 3.17. The van der Waals surface area contributed by atoms with E-state index in [9.17, 15) is 8.78 Å². The predicted octanol–water partition coefficient (Wildman–Crippen LogP) is 3.60. The second kappa shape index (κ2) is 5.78. The molecule has 2 rings (SSSR count). The van der Waals surface area contributed by atoms with Crippen LogP contribution in [0.2, 0.25) is 0 Å². The molecule has 4 heteroatoms. The van der Waals surface area contributed by atoms with Crippen molar-refractivity contribution >= 4 is 11.6 Å². The first kappa shape index (κ1) is 12.8. The highest BCUT2D eigenvalue weighted by atomic mass is 35.5. The normalized spacial score (nSPS) is 24.9. The summed E-state index contributed by atoms with van der Waals surface area (Å²) < 4.78 is 26.0. The SMILES string of the molecule is Fc1cc(F)cc(CNC2CCCCC2Cl)c1. The molecule has 1 fully saturated rings. The molecule has 1 aromatic carbocycles. The van der Waals surface area contributed by atoms with Gasteiger partial charge in [-0.3, -0.25) is 0 Å². The van der Waals surface area contributed by atoms with Gasteiger partial charge in [0.2, 0.25) is 0 Å². The van der Waals surface area contributed by atoms with Gasteiger partial charge in [0.15, 0.2) is 0 Å². The number of benzene rings is 1. The molecule has 0 aromatic heterocycles. The van der Waals surface area contributed by atoms with E-state index in [1.807, 2.05) is 0 Å². The van der Waals surface area contributed by atoms with Crippen molar-refractivity contribution in [2.45, 2.75) is 43.6 Å². The number of alkyl halides is 1. The minimum atomic E-state index is -0.534. The molecular weight excluding hydrogens is 244 g/mol. The largest absolute Gasteiger partial charge is 0.308 e. The van der Waals surface area contributed by atoms with E-state index >= 15 is 0 Å². The van der Waals surface area contributed by atoms with Crippen LogP contribution in [0.15, 0.2) is 18.2 Å². The van der Waals surface area contributed by atoms with Crippen LogP contribution in [0.4, 0.5) is 8.78 Å². The molecule has 1 aliphatic rings. The molecule has 1 saturated carbocycles. The highest BCUT2D eigenvalue weighted by Gasteiger charge is 2.22. The van der Waals surface area contributed by atoms with Gasteiger partial charge in [-0.2, -0.15) is 0 Å². The topological polar surface area (TPSA) is 12.0 Å². The van der Waals surface area contributed by atoms with E-state index in [1.165, 1.54) is 25.0 Å². The Kier molecular flexibility index (Phi) is 4.35. The van der Waals surface area contributed by atoms with Crippen LogP contribution in [0.3, 0.4) is 0 Å². The van der Waals surface area contributed by atoms with Crippen LogP contribution in [-0.4, -0.2) is 11.4 Å². The first-order valence-corrected chi connectivity index (χ1v) is 6.41. The lowest BCUT2D eigenvalue weighted by Crippen LogP contribution is -2.38. The van der Waals surface area contributed by atoms with Gasteiger partial charge in [0.05, 0.1) is 0 Å². The van der Waals surface area contributed by atoms with Gasteiger partial charge in [-0.05, 0) is 30.5 Å². The molecule has 2 atom stereocenters. The zero-order valence-electron chi connectivity index (χ0n) is 9.56. The predicted molar refractivity (Wildman–Crippen MR) is 65.1 cm³/mol. The van der Waals surface area contributed by atoms with Crippen molar-refractivity contribution in [1.82, 2.24) is 5.32 Å². The number of nitrogens with one attached hydrogen (secondary N) is 1. The molecule has 94 valence electrons. The minimum absolute atomic E-state index is 0.127. The Hall–Kier alpha value is -0.670. The van der Waals surface area contributed by atoms with E-state index in [2.05, 4.69) is 5.32 Å². The third-order valence-corrected chi connectivity index (χ3v) is 3.69. The van der Waals surface area contributed by atoms with E-state index in [-0.39, 0.29) is 11.4 Å². The van der Waals surface area contributed by atoms with Crippen molar-refractivity contribution in [2.75, 3.05) is 0 Å². The lowest BCUT2D eigenvalue weighted by atomic mass is 9.95. The Morgan fingerprint density at radius 1 is 1.12 bits per heavy atom. The van der Waals surface area contributed by atoms with E-state index in [1.54, 1.807) is 0 Å². The summed E-state index contributed by atoms with van der Waals surface area (Å²) in [5, 5.41) is 3.40. The highest BCUT2D eigenvalue weighted by molar-refractivity contribution is 6.21. The van der Waals surface area contributed by atoms with Gasteiger partial charge < -0.3 is 5.32 Å². The lowest BCUT2D eigenvalue weighted by Gasteiger charge is -2.28. The quantitative estimate of drug-likeness (QED) is 0.818. The van der Waals surface area contributed by atoms with Crippen LogP contribution in [0, 0.1) is 11.6 Å². The van der Waals surface area contributed by atoms with Crippen LogP contribution >= 0.6 is 11.6 Å². The fourth-order valence-corrected chi connectivity index (χ4v) is 2.65. The Morgan fingerprint density at radius 2 is 1.76 bits per heavy atom. The molecule has 1 nitrogen and oxygen atoms in total. The maximum atomic E-state index is 13.0. The van der Waals surface area contributed by atoms with Gasteiger partial charge in [-0.25, -0.2) is 8.78 Å². The molecular formula is C13H16ClF2N. The molecule has 0 aliphatic heterocycles. The Balaban J connectivity index is 1.92. The molecule has 2 unspecified atom stereocenters. The minimum Gasteiger partial charge on any atom is -0.308 e. The van der Waals surface area contributed by atoms with Crippen LogP contribution in [0.1, 0.15) is 31.2 Å². The summed E-state index contributed by atoms with van der Waals surface area (Å²) >= 11 is 6.20. The van der Waals surface area contributed by atoms with Crippen LogP contribution in [-0.2, 0) is 6.54 Å². The van der Waals surface area contributed by atoms with Crippen LogP contribution < -0.4 is 5.32 Å². The van der Waals surface area contributed by atoms with Gasteiger partial charge in [0.25, 0.3) is 0 Å². The Labute approximate surface area is 105 Å². The molecule has 0 spiro atoms. The van der Waals surface area contributed by atoms with Gasteiger partial charge in [-0.15, -0.1) is 11.6 Å². The first-order chi connectivity index (χ1) is 8.15. The molecule has 0 heterocycles. The van der Waals surface area contributed by atoms with Crippen molar-refractivity contribution < 1.29 is 8.78 Å². The van der Waals surface area contributed by atoms with Gasteiger partial charge in [-0.1, -0.05) is 12.8 Å². The molecule has 0 saturated heterocycles. The number of hydrogen-bond acceptors (Lipinski definition) is 1. The third kappa shape index (κ3) is 3.65. The summed E-state index contributed by atoms with van der Waals surface area (Å²) in [4.78, 5) is 0. The van der Waals surface area contributed by atoms with Crippen molar-refractivity contribution in [2.24, 2.45) is 0 Å². The van der Waals surface area contributed by atoms with Crippen molar-refractivity contribution in [3.8, 4) is 0 Å². The maximum absolute atomic E-state index is 13.0. The standard InChI is InChI=1S/C13H16ClF2N/c14-12-3-1-2-4-13(12)17-8-9-5-10(15)7-11(16)6-9/h5-7,12-13,17H,1-4,8H2. The fraction of sp³-hybridized carbons (Fsp3) is 0.538. The smallest absolute Gasteiger partial charge is 0.126 e. The summed E-state index contributed by atoms with van der Waals surface area (Å²) in [5.74, 6) is -1.07. The molecule has 1 N–H and O–H groups in total. The number of hydrogen-bond donors (Lipinski definition) is 1. The monoisotopic (exact) mass is 259 g/mol. The van der Waals surface area contributed by atoms with E-state index in [0.29, 0.717) is 12.1 Å². The molecule has 0 amide bonds. The zero-order chi connectivity index (χ0) is 12.3. The van der Waals surface area contributed by atoms with Crippen molar-refractivity contribution in [3.05, 3.63) is 35.4 Å². The highest BCUT2D eigenvalue weighted by Crippen LogP contribution is 2.23. The summed E-state index contributed by atoms with van der Waals surface area (Å²) in [6.07, 6.45) is 4.38. The van der Waals surface area contributed by atoms with E-state index in [0.717, 1.165) is 18.9 Å². The number of halogens is 3. The first-order valence-electron chi connectivity index (χ1n) is 5.97. The molecule has 0 bridgehead atoms.